The number of hydrogen-bond donors (Lipinski definition) is 1. The fraction of sp³-hybridized carbons (Fsp3) is 0.880. The first-order valence-corrected chi connectivity index (χ1v) is 15.4. The van der Waals surface area contributed by atoms with Crippen LogP contribution in [-0.2, 0) is 18.7 Å². The van der Waals surface area contributed by atoms with Crippen molar-refractivity contribution in [1.29, 1.82) is 0 Å². The minimum absolute atomic E-state index is 0.0181. The number of likely N-dealkylation sites (tertiary alicyclic amines) is 2. The fourth-order valence-electron chi connectivity index (χ4n) is 4.14. The smallest absolute Gasteiger partial charge is 0.417 e. The molecule has 0 bridgehead atoms. The summed E-state index contributed by atoms with van der Waals surface area (Å²) >= 11 is 0. The van der Waals surface area contributed by atoms with Crippen LogP contribution >= 0.6 is 0 Å². The lowest BCUT2D eigenvalue weighted by molar-refractivity contribution is -0.134. The van der Waals surface area contributed by atoms with Crippen LogP contribution in [-0.4, -0.2) is 83.9 Å². The van der Waals surface area contributed by atoms with Crippen molar-refractivity contribution in [2.24, 2.45) is 5.92 Å². The number of nitrogens with zero attached hydrogens (tertiary/aromatic N) is 2. The van der Waals surface area contributed by atoms with E-state index < -0.39 is 55.7 Å². The maximum absolute atomic E-state index is 13.1. The lowest BCUT2D eigenvalue weighted by Crippen LogP contribution is -2.49. The molecule has 35 heavy (non-hydrogen) atoms. The normalized spacial score (nSPS) is 25.1. The van der Waals surface area contributed by atoms with Gasteiger partial charge in [0.25, 0.3) is 0 Å². The van der Waals surface area contributed by atoms with Crippen molar-refractivity contribution in [2.75, 3.05) is 13.1 Å². The number of rotatable bonds is 4. The average Bonchev–Trinajstić information content (AvgIpc) is 3.20. The van der Waals surface area contributed by atoms with E-state index in [2.05, 4.69) is 33.9 Å². The van der Waals surface area contributed by atoms with Gasteiger partial charge in [-0.05, 0) is 72.5 Å². The van der Waals surface area contributed by atoms with Crippen molar-refractivity contribution in [2.45, 2.75) is 123 Å². The quantitative estimate of drug-likeness (QED) is 0.549. The van der Waals surface area contributed by atoms with Crippen molar-refractivity contribution >= 4 is 26.4 Å². The van der Waals surface area contributed by atoms with Crippen molar-refractivity contribution in [3.8, 4) is 0 Å². The largest absolute Gasteiger partial charge is 0.444 e. The van der Waals surface area contributed by atoms with E-state index in [9.17, 15) is 19.5 Å². The van der Waals surface area contributed by atoms with Crippen LogP contribution < -0.4 is 0 Å². The summed E-state index contributed by atoms with van der Waals surface area (Å²) in [5.41, 5.74) is -1.44. The highest BCUT2D eigenvalue weighted by atomic mass is 28.4. The second-order valence-corrected chi connectivity index (χ2v) is 18.0. The van der Waals surface area contributed by atoms with Gasteiger partial charge in [0.1, 0.15) is 11.2 Å². The van der Waals surface area contributed by atoms with Gasteiger partial charge in [-0.1, -0.05) is 20.8 Å². The van der Waals surface area contributed by atoms with Gasteiger partial charge in [-0.25, -0.2) is 14.5 Å². The van der Waals surface area contributed by atoms with Crippen LogP contribution in [0.5, 0.6) is 0 Å². The van der Waals surface area contributed by atoms with Crippen molar-refractivity contribution in [3.05, 3.63) is 0 Å². The molecule has 0 saturated carbocycles. The van der Waals surface area contributed by atoms with E-state index in [1.54, 1.807) is 41.5 Å². The first kappa shape index (κ1) is 29.6. The zero-order chi connectivity index (χ0) is 27.1. The summed E-state index contributed by atoms with van der Waals surface area (Å²) in [5.74, 6) is -1.30. The lowest BCUT2D eigenvalue weighted by Gasteiger charge is -2.38. The zero-order valence-corrected chi connectivity index (χ0v) is 24.4. The number of aliphatic hydroxyl groups excluding tert-OH is 1. The molecular formula is C25H46N2O7Si. The molecule has 0 aromatic carbocycles. The van der Waals surface area contributed by atoms with Crippen LogP contribution in [0.4, 0.5) is 9.59 Å². The maximum atomic E-state index is 13.1. The van der Waals surface area contributed by atoms with Gasteiger partial charge in [0.15, 0.2) is 8.32 Å². The highest BCUT2D eigenvalue weighted by molar-refractivity contribution is 6.74. The van der Waals surface area contributed by atoms with E-state index in [0.717, 1.165) is 4.90 Å². The molecule has 4 atom stereocenters. The molecule has 0 aromatic rings. The summed E-state index contributed by atoms with van der Waals surface area (Å²) in [7, 11) is -2.14. The maximum Gasteiger partial charge on any atom is 0.417 e. The highest BCUT2D eigenvalue weighted by Gasteiger charge is 2.51. The highest BCUT2D eigenvalue weighted by Crippen LogP contribution is 2.40. The van der Waals surface area contributed by atoms with Gasteiger partial charge in [-0.2, -0.15) is 0 Å². The Morgan fingerprint density at radius 1 is 0.971 bits per heavy atom. The molecule has 0 aromatic heterocycles. The summed E-state index contributed by atoms with van der Waals surface area (Å²) in [5, 5.41) is 11.3. The summed E-state index contributed by atoms with van der Waals surface area (Å²) in [4.78, 5) is 41.2. The Kier molecular flexibility index (Phi) is 8.46. The van der Waals surface area contributed by atoms with Gasteiger partial charge in [-0.3, -0.25) is 9.69 Å². The van der Waals surface area contributed by atoms with E-state index in [-0.39, 0.29) is 24.2 Å². The molecule has 0 aliphatic carbocycles. The topological polar surface area (TPSA) is 106 Å². The molecule has 2 aliphatic rings. The van der Waals surface area contributed by atoms with Crippen LogP contribution in [0.25, 0.3) is 0 Å². The number of carbonyl (C=O) groups is 3. The molecule has 10 heteroatoms. The molecule has 2 rings (SSSR count). The lowest BCUT2D eigenvalue weighted by atomic mass is 9.93. The number of hydrogen-bond acceptors (Lipinski definition) is 7. The Morgan fingerprint density at radius 2 is 1.49 bits per heavy atom. The van der Waals surface area contributed by atoms with E-state index in [1.165, 1.54) is 4.90 Å². The SMILES string of the molecule is CC(C)(C)OC(=O)N1CC[C@@H]([C@@H](O)[C@@H]2C[C@@H](O[Si](C)(C)C(C)(C)C)CN2C(=O)OC(C)(C)C)C1=O. The van der Waals surface area contributed by atoms with Gasteiger partial charge < -0.3 is 19.0 Å². The van der Waals surface area contributed by atoms with E-state index in [1.807, 2.05) is 0 Å². The summed E-state index contributed by atoms with van der Waals surface area (Å²) in [6.07, 6.45) is -2.00. The number of ether oxygens (including phenoxy) is 2. The van der Waals surface area contributed by atoms with E-state index in [4.69, 9.17) is 13.9 Å². The van der Waals surface area contributed by atoms with Crippen molar-refractivity contribution in [1.82, 2.24) is 9.80 Å². The molecule has 0 radical (unpaired) electrons. The van der Waals surface area contributed by atoms with Gasteiger partial charge >= 0.3 is 12.2 Å². The first-order chi connectivity index (χ1) is 15.6. The molecule has 0 unspecified atom stereocenters. The summed E-state index contributed by atoms with van der Waals surface area (Å²) < 4.78 is 17.5. The third-order valence-corrected chi connectivity index (χ3v) is 11.4. The first-order valence-electron chi connectivity index (χ1n) is 12.5. The minimum atomic E-state index is -2.14. The Morgan fingerprint density at radius 3 is 1.97 bits per heavy atom. The van der Waals surface area contributed by atoms with Crippen molar-refractivity contribution in [3.63, 3.8) is 0 Å². The van der Waals surface area contributed by atoms with Gasteiger partial charge in [0, 0.05) is 13.1 Å². The Hall–Kier alpha value is -1.65. The van der Waals surface area contributed by atoms with Crippen LogP contribution in [0, 0.1) is 5.92 Å². The third-order valence-electron chi connectivity index (χ3n) is 6.87. The summed E-state index contributed by atoms with van der Waals surface area (Å²) in [6, 6.07) is -0.660. The number of imide groups is 1. The molecule has 202 valence electrons. The van der Waals surface area contributed by atoms with Gasteiger partial charge in [0.05, 0.1) is 24.2 Å². The zero-order valence-electron chi connectivity index (χ0n) is 23.4. The predicted octanol–water partition coefficient (Wildman–Crippen LogP) is 4.53. The molecular weight excluding hydrogens is 468 g/mol. The van der Waals surface area contributed by atoms with Crippen molar-refractivity contribution < 1.29 is 33.4 Å². The molecule has 0 spiro atoms. The third kappa shape index (κ3) is 7.42. The van der Waals surface area contributed by atoms with E-state index in [0.29, 0.717) is 12.8 Å². The van der Waals surface area contributed by atoms with Crippen LogP contribution in [0.1, 0.15) is 75.2 Å². The number of aliphatic hydroxyl groups is 1. The molecule has 2 fully saturated rings. The second kappa shape index (κ2) is 10.0. The molecule has 1 N–H and O–H groups in total. The monoisotopic (exact) mass is 514 g/mol. The number of carbonyl (C=O) groups excluding carboxylic acids is 3. The number of amides is 3. The molecule has 2 heterocycles. The Labute approximate surface area is 211 Å². The predicted molar refractivity (Wildman–Crippen MR) is 135 cm³/mol. The summed E-state index contributed by atoms with van der Waals surface area (Å²) in [6.45, 7) is 21.7. The van der Waals surface area contributed by atoms with Gasteiger partial charge in [0.2, 0.25) is 5.91 Å². The molecule has 9 nitrogen and oxygen atoms in total. The Bertz CT molecular complexity index is 810. The minimum Gasteiger partial charge on any atom is -0.444 e. The van der Waals surface area contributed by atoms with Crippen LogP contribution in [0.15, 0.2) is 0 Å². The van der Waals surface area contributed by atoms with Crippen LogP contribution in [0.3, 0.4) is 0 Å². The van der Waals surface area contributed by atoms with Crippen LogP contribution in [0.2, 0.25) is 18.1 Å². The molecule has 2 aliphatic heterocycles. The molecule has 2 saturated heterocycles. The van der Waals surface area contributed by atoms with Gasteiger partial charge in [-0.15, -0.1) is 0 Å². The van der Waals surface area contributed by atoms with E-state index >= 15 is 0 Å². The fourth-order valence-corrected chi connectivity index (χ4v) is 5.50. The Balaban J connectivity index is 2.24. The average molecular weight is 515 g/mol. The molecule has 3 amide bonds. The standard InChI is InChI=1S/C25H46N2O7Si/c1-23(2,3)32-21(30)26-13-12-17(20(26)29)19(28)18-14-16(34-35(10,11)25(7,8)9)15-27(18)22(31)33-24(4,5)6/h16-19,28H,12-15H2,1-11H3/t16-,17+,18+,19-/m1/s1. The second-order valence-electron chi connectivity index (χ2n) is 13.3.